The van der Waals surface area contributed by atoms with Crippen molar-refractivity contribution < 1.29 is 4.74 Å². The van der Waals surface area contributed by atoms with Gasteiger partial charge in [0.05, 0.1) is 6.61 Å². The Balaban J connectivity index is 1.80. The van der Waals surface area contributed by atoms with Crippen LogP contribution in [0.2, 0.25) is 0 Å². The summed E-state index contributed by atoms with van der Waals surface area (Å²) in [7, 11) is 0. The van der Waals surface area contributed by atoms with Gasteiger partial charge in [0.2, 0.25) is 0 Å². The van der Waals surface area contributed by atoms with Gasteiger partial charge >= 0.3 is 0 Å². The summed E-state index contributed by atoms with van der Waals surface area (Å²) in [4.78, 5) is 0. The van der Waals surface area contributed by atoms with Crippen molar-refractivity contribution in [2.75, 3.05) is 6.61 Å². The van der Waals surface area contributed by atoms with Gasteiger partial charge in [-0.1, -0.05) is 79.7 Å². The number of hydrogen-bond acceptors (Lipinski definition) is 1. The van der Waals surface area contributed by atoms with E-state index < -0.39 is 0 Å². The smallest absolute Gasteiger partial charge is 0.127 e. The van der Waals surface area contributed by atoms with Crippen LogP contribution in [-0.2, 0) is 6.42 Å². The zero-order valence-electron chi connectivity index (χ0n) is 15.5. The normalized spacial score (nSPS) is 12.0. The van der Waals surface area contributed by atoms with Crippen LogP contribution in [0, 0.1) is 0 Å². The highest BCUT2D eigenvalue weighted by molar-refractivity contribution is 6.01. The van der Waals surface area contributed by atoms with E-state index in [1.807, 2.05) is 0 Å². The van der Waals surface area contributed by atoms with Gasteiger partial charge < -0.3 is 4.74 Å². The van der Waals surface area contributed by atoms with Crippen molar-refractivity contribution in [1.29, 1.82) is 0 Å². The molecule has 0 fully saturated rings. The molecule has 0 spiro atoms. The number of ether oxygens (including phenoxy) is 1. The zero-order chi connectivity index (χ0) is 18.2. The molecular weight excluding hydrogens is 328 g/mol. The largest absolute Gasteiger partial charge is 0.493 e. The highest BCUT2D eigenvalue weighted by Gasteiger charge is 2.25. The van der Waals surface area contributed by atoms with Crippen LogP contribution in [0.5, 0.6) is 5.75 Å². The van der Waals surface area contributed by atoms with E-state index in [1.54, 1.807) is 0 Å². The Morgan fingerprint density at radius 2 is 1.52 bits per heavy atom. The second-order valence-corrected chi connectivity index (χ2v) is 7.17. The van der Waals surface area contributed by atoms with Crippen molar-refractivity contribution >= 4 is 10.8 Å². The Bertz CT molecular complexity index is 1130. The van der Waals surface area contributed by atoms with E-state index in [9.17, 15) is 0 Å². The molecular formula is C26H22O. The minimum Gasteiger partial charge on any atom is -0.493 e. The molecule has 5 rings (SSSR count). The summed E-state index contributed by atoms with van der Waals surface area (Å²) in [6.45, 7) is 2.89. The van der Waals surface area contributed by atoms with Gasteiger partial charge in [-0.25, -0.2) is 0 Å². The third-order valence-electron chi connectivity index (χ3n) is 5.47. The molecule has 0 saturated carbocycles. The van der Waals surface area contributed by atoms with Crippen molar-refractivity contribution in [2.24, 2.45) is 0 Å². The van der Waals surface area contributed by atoms with E-state index in [0.29, 0.717) is 0 Å². The predicted molar refractivity (Wildman–Crippen MR) is 113 cm³/mol. The molecule has 0 unspecified atom stereocenters. The summed E-state index contributed by atoms with van der Waals surface area (Å²) in [6.07, 6.45) is 1.97. The Morgan fingerprint density at radius 3 is 2.44 bits per heavy atom. The molecule has 0 aliphatic heterocycles. The maximum absolute atomic E-state index is 6.21. The summed E-state index contributed by atoms with van der Waals surface area (Å²) in [6, 6.07) is 28.3. The van der Waals surface area contributed by atoms with Gasteiger partial charge in [-0.05, 0) is 57.5 Å². The molecule has 0 bridgehead atoms. The fourth-order valence-electron chi connectivity index (χ4n) is 4.26. The van der Waals surface area contributed by atoms with Gasteiger partial charge in [-0.3, -0.25) is 0 Å². The van der Waals surface area contributed by atoms with E-state index in [1.165, 1.54) is 44.2 Å². The molecule has 132 valence electrons. The van der Waals surface area contributed by atoms with Crippen molar-refractivity contribution in [1.82, 2.24) is 0 Å². The fraction of sp³-hybridized carbons (Fsp3) is 0.154. The van der Waals surface area contributed by atoms with Crippen LogP contribution in [0.15, 0.2) is 78.9 Å². The number of rotatable bonds is 4. The average molecular weight is 350 g/mol. The van der Waals surface area contributed by atoms with Crippen LogP contribution in [0.1, 0.15) is 24.5 Å². The van der Waals surface area contributed by atoms with Crippen molar-refractivity contribution in [3.8, 4) is 28.0 Å². The molecule has 1 aliphatic carbocycles. The second-order valence-electron chi connectivity index (χ2n) is 7.17. The summed E-state index contributed by atoms with van der Waals surface area (Å²) in [5, 5.41) is 2.55. The first-order valence-corrected chi connectivity index (χ1v) is 9.72. The molecule has 0 heterocycles. The lowest BCUT2D eigenvalue weighted by molar-refractivity contribution is 0.318. The van der Waals surface area contributed by atoms with E-state index in [2.05, 4.69) is 85.8 Å². The number of fused-ring (bicyclic) bond motifs is 4. The van der Waals surface area contributed by atoms with Gasteiger partial charge in [0.25, 0.3) is 0 Å². The first-order chi connectivity index (χ1) is 13.4. The molecule has 0 saturated heterocycles. The Labute approximate surface area is 160 Å². The molecule has 4 aromatic carbocycles. The quantitative estimate of drug-likeness (QED) is 0.344. The summed E-state index contributed by atoms with van der Waals surface area (Å²) in [5.41, 5.74) is 8.02. The molecule has 27 heavy (non-hydrogen) atoms. The molecule has 1 aliphatic rings. The standard InChI is InChI=1S/C26H22O/c1-2-16-27-25-15-14-22-21-12-6-4-9-19(21)17-24(22)26(25)23-13-7-10-18-8-3-5-11-20(18)23/h3-15H,2,16-17H2,1H3. The van der Waals surface area contributed by atoms with Crippen LogP contribution in [0.25, 0.3) is 33.0 Å². The Kier molecular flexibility index (Phi) is 3.94. The molecule has 0 N–H and O–H groups in total. The van der Waals surface area contributed by atoms with Crippen molar-refractivity contribution in [3.63, 3.8) is 0 Å². The van der Waals surface area contributed by atoms with E-state index in [0.717, 1.165) is 25.2 Å². The summed E-state index contributed by atoms with van der Waals surface area (Å²) >= 11 is 0. The predicted octanol–water partition coefficient (Wildman–Crippen LogP) is 6.87. The van der Waals surface area contributed by atoms with Crippen molar-refractivity contribution in [3.05, 3.63) is 90.0 Å². The lowest BCUT2D eigenvalue weighted by Gasteiger charge is -2.17. The first-order valence-electron chi connectivity index (χ1n) is 9.72. The molecule has 0 atom stereocenters. The molecule has 4 aromatic rings. The lowest BCUT2D eigenvalue weighted by Crippen LogP contribution is -2.00. The highest BCUT2D eigenvalue weighted by atomic mass is 16.5. The SMILES string of the molecule is CCCOc1ccc2c(c1-c1cccc3ccccc13)Cc1ccccc1-2. The lowest BCUT2D eigenvalue weighted by atomic mass is 9.91. The van der Waals surface area contributed by atoms with E-state index in [-0.39, 0.29) is 0 Å². The first kappa shape index (κ1) is 16.1. The zero-order valence-corrected chi connectivity index (χ0v) is 15.5. The van der Waals surface area contributed by atoms with Crippen LogP contribution >= 0.6 is 0 Å². The Morgan fingerprint density at radius 1 is 0.741 bits per heavy atom. The fourth-order valence-corrected chi connectivity index (χ4v) is 4.26. The van der Waals surface area contributed by atoms with Crippen LogP contribution < -0.4 is 4.74 Å². The van der Waals surface area contributed by atoms with Gasteiger partial charge in [-0.2, -0.15) is 0 Å². The molecule has 1 nitrogen and oxygen atoms in total. The van der Waals surface area contributed by atoms with Gasteiger partial charge in [0.15, 0.2) is 0 Å². The highest BCUT2D eigenvalue weighted by Crippen LogP contribution is 2.47. The minimum atomic E-state index is 0.740. The van der Waals surface area contributed by atoms with Crippen LogP contribution in [0.4, 0.5) is 0 Å². The van der Waals surface area contributed by atoms with Gasteiger partial charge in [0.1, 0.15) is 5.75 Å². The van der Waals surface area contributed by atoms with E-state index in [4.69, 9.17) is 4.74 Å². The second kappa shape index (κ2) is 6.59. The average Bonchev–Trinajstić information content (AvgIpc) is 3.10. The Hall–Kier alpha value is -3.06. The molecule has 1 heteroatoms. The third kappa shape index (κ3) is 2.62. The summed E-state index contributed by atoms with van der Waals surface area (Å²) < 4.78 is 6.21. The number of hydrogen-bond donors (Lipinski definition) is 0. The summed E-state index contributed by atoms with van der Waals surface area (Å²) in [5.74, 6) is 1.000. The van der Waals surface area contributed by atoms with Gasteiger partial charge in [0, 0.05) is 5.56 Å². The van der Waals surface area contributed by atoms with Crippen LogP contribution in [-0.4, -0.2) is 6.61 Å². The maximum Gasteiger partial charge on any atom is 0.127 e. The molecule has 0 aromatic heterocycles. The van der Waals surface area contributed by atoms with E-state index >= 15 is 0 Å². The topological polar surface area (TPSA) is 9.23 Å². The number of benzene rings is 4. The molecule has 0 radical (unpaired) electrons. The van der Waals surface area contributed by atoms with Gasteiger partial charge in [-0.15, -0.1) is 0 Å². The van der Waals surface area contributed by atoms with Crippen LogP contribution in [0.3, 0.4) is 0 Å². The molecule has 0 amide bonds. The maximum atomic E-state index is 6.21. The monoisotopic (exact) mass is 350 g/mol. The van der Waals surface area contributed by atoms with Crippen molar-refractivity contribution in [2.45, 2.75) is 19.8 Å². The third-order valence-corrected chi connectivity index (χ3v) is 5.47. The minimum absolute atomic E-state index is 0.740.